The van der Waals surface area contributed by atoms with E-state index in [0.717, 1.165) is 0 Å². The number of esters is 2. The predicted molar refractivity (Wildman–Crippen MR) is 22.4 cm³/mol. The van der Waals surface area contributed by atoms with Gasteiger partial charge in [0.05, 0.1) is 0 Å². The molecule has 0 aromatic heterocycles. The molecule has 0 unspecified atom stereocenters. The minimum Gasteiger partial charge on any atom is -0.394 e. The van der Waals surface area contributed by atoms with E-state index in [0.29, 0.717) is 0 Å². The van der Waals surface area contributed by atoms with Crippen LogP contribution in [0.5, 0.6) is 0 Å². The maximum atomic E-state index is 9.81. The molecule has 0 amide bonds. The fourth-order valence-corrected chi connectivity index (χ4v) is 0.202. The standard InChI is InChI=1S/C4H6O3.Cu.Fe/c1-3(5)7-4(2)6;;/h1-2H3;;. The molecular weight excluding hydrogens is 215 g/mol. The Balaban J connectivity index is -0.000000180. The molecule has 0 saturated heterocycles. The van der Waals surface area contributed by atoms with Crippen LogP contribution in [0.25, 0.3) is 0 Å². The van der Waals surface area contributed by atoms with Gasteiger partial charge in [-0.15, -0.1) is 0 Å². The van der Waals surface area contributed by atoms with E-state index < -0.39 is 11.9 Å². The van der Waals surface area contributed by atoms with Gasteiger partial charge in [0.25, 0.3) is 0 Å². The van der Waals surface area contributed by atoms with E-state index in [4.69, 9.17) is 0 Å². The molecule has 5 heteroatoms. The van der Waals surface area contributed by atoms with E-state index in [9.17, 15) is 9.59 Å². The minimum absolute atomic E-state index is 0. The Morgan fingerprint density at radius 3 is 1.33 bits per heavy atom. The van der Waals surface area contributed by atoms with Crippen LogP contribution in [-0.2, 0) is 48.5 Å². The van der Waals surface area contributed by atoms with Gasteiger partial charge in [-0.2, -0.15) is 0 Å². The Morgan fingerprint density at radius 1 is 1.11 bits per heavy atom. The molecule has 9 heavy (non-hydrogen) atoms. The summed E-state index contributed by atoms with van der Waals surface area (Å²) in [7, 11) is 0. The Kier molecular flexibility index (Phi) is 14.6. The van der Waals surface area contributed by atoms with Gasteiger partial charge in [-0.05, 0) is 0 Å². The molecule has 0 aliphatic rings. The third kappa shape index (κ3) is 17.9. The van der Waals surface area contributed by atoms with Crippen LogP contribution in [-0.4, -0.2) is 11.9 Å². The molecule has 0 fully saturated rings. The second-order valence-corrected chi connectivity index (χ2v) is 1.09. The fraction of sp³-hybridized carbons (Fsp3) is 0.500. The Hall–Kier alpha value is 0.179. The molecule has 0 atom stereocenters. The number of carbonyl (C=O) groups excluding carboxylic acids is 2. The summed E-state index contributed by atoms with van der Waals surface area (Å²) in [5, 5.41) is 0. The van der Waals surface area contributed by atoms with Crippen molar-refractivity contribution in [1.82, 2.24) is 0 Å². The summed E-state index contributed by atoms with van der Waals surface area (Å²) < 4.78 is 3.97. The van der Waals surface area contributed by atoms with Crippen molar-refractivity contribution in [2.45, 2.75) is 13.8 Å². The molecule has 0 rings (SSSR count). The molecule has 0 aromatic rings. The van der Waals surface area contributed by atoms with Crippen LogP contribution in [0.15, 0.2) is 0 Å². The fourth-order valence-electron chi connectivity index (χ4n) is 0.202. The smallest absolute Gasteiger partial charge is 0.310 e. The maximum Gasteiger partial charge on any atom is 0.310 e. The molecule has 3 nitrogen and oxygen atoms in total. The summed E-state index contributed by atoms with van der Waals surface area (Å²) >= 11 is 0. The first-order valence-electron chi connectivity index (χ1n) is 1.82. The third-order valence-corrected chi connectivity index (χ3v) is 0.287. The minimum atomic E-state index is -0.562. The molecule has 0 aliphatic carbocycles. The Morgan fingerprint density at radius 2 is 1.33 bits per heavy atom. The van der Waals surface area contributed by atoms with Crippen molar-refractivity contribution in [2.75, 3.05) is 0 Å². The van der Waals surface area contributed by atoms with Crippen LogP contribution >= 0.6 is 0 Å². The molecule has 0 aliphatic heterocycles. The van der Waals surface area contributed by atoms with Crippen molar-refractivity contribution < 1.29 is 48.5 Å². The van der Waals surface area contributed by atoms with Crippen LogP contribution in [0.2, 0.25) is 0 Å². The molecule has 0 bridgehead atoms. The summed E-state index contributed by atoms with van der Waals surface area (Å²) in [6.45, 7) is 2.36. The van der Waals surface area contributed by atoms with E-state index in [2.05, 4.69) is 4.74 Å². The van der Waals surface area contributed by atoms with E-state index in [1.165, 1.54) is 13.8 Å². The summed E-state index contributed by atoms with van der Waals surface area (Å²) in [6.07, 6.45) is 0. The van der Waals surface area contributed by atoms with Gasteiger partial charge in [0.15, 0.2) is 0 Å². The van der Waals surface area contributed by atoms with Crippen molar-refractivity contribution in [1.29, 1.82) is 0 Å². The van der Waals surface area contributed by atoms with Crippen molar-refractivity contribution in [3.8, 4) is 0 Å². The molecule has 0 saturated carbocycles. The van der Waals surface area contributed by atoms with Gasteiger partial charge in [0, 0.05) is 48.0 Å². The normalized spacial score (nSPS) is 6.00. The van der Waals surface area contributed by atoms with Crippen LogP contribution in [0.3, 0.4) is 0 Å². The summed E-state index contributed by atoms with van der Waals surface area (Å²) in [5.74, 6) is -1.12. The summed E-state index contributed by atoms with van der Waals surface area (Å²) in [6, 6.07) is 0. The topological polar surface area (TPSA) is 43.4 Å². The second-order valence-electron chi connectivity index (χ2n) is 1.09. The summed E-state index contributed by atoms with van der Waals surface area (Å²) in [5.41, 5.74) is 0. The molecule has 0 spiro atoms. The molecule has 0 N–H and O–H groups in total. The van der Waals surface area contributed by atoms with E-state index >= 15 is 0 Å². The van der Waals surface area contributed by atoms with Crippen molar-refractivity contribution in [3.63, 3.8) is 0 Å². The first kappa shape index (κ1) is 16.1. The molecule has 1 radical (unpaired) electrons. The number of rotatable bonds is 0. The van der Waals surface area contributed by atoms with Crippen LogP contribution in [0.1, 0.15) is 13.8 Å². The molecular formula is C4H6CuFeO3. The van der Waals surface area contributed by atoms with E-state index in [1.807, 2.05) is 0 Å². The first-order chi connectivity index (χ1) is 3.13. The largest absolute Gasteiger partial charge is 0.394 e. The Labute approximate surface area is 74.5 Å². The van der Waals surface area contributed by atoms with Gasteiger partial charge >= 0.3 is 11.9 Å². The maximum absolute atomic E-state index is 9.81. The zero-order chi connectivity index (χ0) is 5.86. The quantitative estimate of drug-likeness (QED) is 0.331. The van der Waals surface area contributed by atoms with Gasteiger partial charge in [-0.3, -0.25) is 9.59 Å². The summed E-state index contributed by atoms with van der Waals surface area (Å²) in [4.78, 5) is 19.6. The number of carbonyl (C=O) groups is 2. The molecule has 59 valence electrons. The number of hydrogen-bond donors (Lipinski definition) is 0. The number of ether oxygens (including phenoxy) is 1. The van der Waals surface area contributed by atoms with Gasteiger partial charge in [0.1, 0.15) is 0 Å². The van der Waals surface area contributed by atoms with Gasteiger partial charge < -0.3 is 4.74 Å². The van der Waals surface area contributed by atoms with Crippen molar-refractivity contribution >= 4 is 11.9 Å². The number of hydrogen-bond acceptors (Lipinski definition) is 3. The average molecular weight is 221 g/mol. The van der Waals surface area contributed by atoms with Crippen LogP contribution in [0.4, 0.5) is 0 Å². The van der Waals surface area contributed by atoms with Crippen molar-refractivity contribution in [3.05, 3.63) is 0 Å². The zero-order valence-corrected chi connectivity index (χ0v) is 6.93. The van der Waals surface area contributed by atoms with Crippen LogP contribution in [0, 0.1) is 0 Å². The van der Waals surface area contributed by atoms with Gasteiger partial charge in [-0.25, -0.2) is 0 Å². The van der Waals surface area contributed by atoms with Crippen molar-refractivity contribution in [2.24, 2.45) is 0 Å². The zero-order valence-electron chi connectivity index (χ0n) is 4.88. The SMILES string of the molecule is CC(=O)OC(C)=O.[Cu].[Fe]. The first-order valence-corrected chi connectivity index (χ1v) is 1.82. The van der Waals surface area contributed by atoms with E-state index in [1.54, 1.807) is 0 Å². The Bertz CT molecular complexity index is 92.0. The van der Waals surface area contributed by atoms with E-state index in [-0.39, 0.29) is 34.1 Å². The monoisotopic (exact) mass is 221 g/mol. The third-order valence-electron chi connectivity index (χ3n) is 0.287. The molecule has 0 heterocycles. The predicted octanol–water partition coefficient (Wildman–Crippen LogP) is 0.0910. The average Bonchev–Trinajstić information content (AvgIpc) is 1.27. The van der Waals surface area contributed by atoms with Crippen LogP contribution < -0.4 is 0 Å². The second kappa shape index (κ2) is 8.18. The van der Waals surface area contributed by atoms with Gasteiger partial charge in [0.2, 0.25) is 0 Å². The molecule has 0 aromatic carbocycles. The van der Waals surface area contributed by atoms with Gasteiger partial charge in [-0.1, -0.05) is 0 Å².